The molecule has 1 saturated heterocycles. The second-order valence-corrected chi connectivity index (χ2v) is 7.01. The zero-order valence-electron chi connectivity index (χ0n) is 13.4. The van der Waals surface area contributed by atoms with E-state index in [1.807, 2.05) is 6.92 Å². The molecule has 0 aromatic heterocycles. The molecule has 130 valence electrons. The van der Waals surface area contributed by atoms with Crippen LogP contribution in [0.3, 0.4) is 0 Å². The Kier molecular flexibility index (Phi) is 9.10. The standard InChI is InChI=1S/C17H24BrFN2O.ClH/c1-12(10-14-2-4-16(19)15(18)11-14)21-17(22)5-3-13-6-8-20-9-7-13;/h2,4,11-13,20H,3,5-10H2,1H3,(H,21,22);1H. The lowest BCUT2D eigenvalue weighted by atomic mass is 9.93. The molecule has 1 heterocycles. The molecule has 1 unspecified atom stereocenters. The fourth-order valence-electron chi connectivity index (χ4n) is 2.92. The molecule has 0 saturated carbocycles. The lowest BCUT2D eigenvalue weighted by Gasteiger charge is -2.22. The maximum absolute atomic E-state index is 13.2. The molecular weight excluding hydrogens is 383 g/mol. The highest BCUT2D eigenvalue weighted by Gasteiger charge is 2.15. The monoisotopic (exact) mass is 406 g/mol. The van der Waals surface area contributed by atoms with Gasteiger partial charge in [0, 0.05) is 12.5 Å². The fraction of sp³-hybridized carbons (Fsp3) is 0.588. The van der Waals surface area contributed by atoms with Crippen LogP contribution in [0.15, 0.2) is 22.7 Å². The summed E-state index contributed by atoms with van der Waals surface area (Å²) in [5.74, 6) is 0.532. The molecule has 23 heavy (non-hydrogen) atoms. The van der Waals surface area contributed by atoms with Crippen LogP contribution in [0.4, 0.5) is 4.39 Å². The van der Waals surface area contributed by atoms with Crippen molar-refractivity contribution in [3.05, 3.63) is 34.1 Å². The molecule has 0 spiro atoms. The number of nitrogens with one attached hydrogen (secondary N) is 2. The van der Waals surface area contributed by atoms with Crippen LogP contribution in [0.2, 0.25) is 0 Å². The summed E-state index contributed by atoms with van der Waals surface area (Å²) in [5, 5.41) is 6.38. The van der Waals surface area contributed by atoms with Crippen LogP contribution in [0.25, 0.3) is 0 Å². The van der Waals surface area contributed by atoms with Crippen LogP contribution in [0.5, 0.6) is 0 Å². The normalized spacial score (nSPS) is 16.5. The number of hydrogen-bond acceptors (Lipinski definition) is 2. The van der Waals surface area contributed by atoms with Crippen molar-refractivity contribution in [3.8, 4) is 0 Å². The summed E-state index contributed by atoms with van der Waals surface area (Å²) < 4.78 is 13.7. The summed E-state index contributed by atoms with van der Waals surface area (Å²) in [4.78, 5) is 12.0. The van der Waals surface area contributed by atoms with E-state index in [1.54, 1.807) is 12.1 Å². The van der Waals surface area contributed by atoms with E-state index < -0.39 is 0 Å². The Morgan fingerprint density at radius 2 is 2.13 bits per heavy atom. The highest BCUT2D eigenvalue weighted by Crippen LogP contribution is 2.19. The first-order valence-electron chi connectivity index (χ1n) is 7.98. The summed E-state index contributed by atoms with van der Waals surface area (Å²) in [6, 6.07) is 5.04. The van der Waals surface area contributed by atoms with Crippen molar-refractivity contribution in [3.63, 3.8) is 0 Å². The molecule has 1 aromatic carbocycles. The molecule has 2 N–H and O–H groups in total. The average Bonchev–Trinajstić information content (AvgIpc) is 2.50. The van der Waals surface area contributed by atoms with Gasteiger partial charge in [-0.15, -0.1) is 12.4 Å². The molecule has 3 nitrogen and oxygen atoms in total. The molecule has 6 heteroatoms. The second-order valence-electron chi connectivity index (χ2n) is 6.15. The highest BCUT2D eigenvalue weighted by molar-refractivity contribution is 9.10. The van der Waals surface area contributed by atoms with E-state index in [4.69, 9.17) is 0 Å². The van der Waals surface area contributed by atoms with E-state index >= 15 is 0 Å². The summed E-state index contributed by atoms with van der Waals surface area (Å²) >= 11 is 3.19. The summed E-state index contributed by atoms with van der Waals surface area (Å²) in [6.07, 6.45) is 4.63. The third-order valence-electron chi connectivity index (χ3n) is 4.17. The number of piperidine rings is 1. The second kappa shape index (κ2) is 10.3. The van der Waals surface area contributed by atoms with Crippen LogP contribution < -0.4 is 10.6 Å². The molecule has 0 aliphatic carbocycles. The largest absolute Gasteiger partial charge is 0.353 e. The maximum atomic E-state index is 13.2. The molecule has 1 amide bonds. The molecule has 1 atom stereocenters. The fourth-order valence-corrected chi connectivity index (χ4v) is 3.35. The number of halogens is 3. The third kappa shape index (κ3) is 7.19. The third-order valence-corrected chi connectivity index (χ3v) is 4.78. The van der Waals surface area contributed by atoms with Gasteiger partial charge in [-0.25, -0.2) is 4.39 Å². The number of hydrogen-bond donors (Lipinski definition) is 2. The van der Waals surface area contributed by atoms with Gasteiger partial charge in [0.1, 0.15) is 5.82 Å². The zero-order chi connectivity index (χ0) is 15.9. The predicted molar refractivity (Wildman–Crippen MR) is 97.5 cm³/mol. The quantitative estimate of drug-likeness (QED) is 0.752. The Balaban J connectivity index is 0.00000264. The Morgan fingerprint density at radius 1 is 1.43 bits per heavy atom. The molecule has 1 fully saturated rings. The average molecular weight is 408 g/mol. The number of carbonyl (C=O) groups excluding carboxylic acids is 1. The smallest absolute Gasteiger partial charge is 0.220 e. The van der Waals surface area contributed by atoms with Crippen molar-refractivity contribution >= 4 is 34.2 Å². The van der Waals surface area contributed by atoms with Crippen LogP contribution in [0.1, 0.15) is 38.2 Å². The van der Waals surface area contributed by atoms with Gasteiger partial charge in [0.15, 0.2) is 0 Å². The number of amides is 1. The molecule has 1 aliphatic heterocycles. The molecular formula is C17H25BrClFN2O. The SMILES string of the molecule is CC(Cc1ccc(F)c(Br)c1)NC(=O)CCC1CCNCC1.Cl. The van der Waals surface area contributed by atoms with Crippen molar-refractivity contribution in [2.75, 3.05) is 13.1 Å². The van der Waals surface area contributed by atoms with E-state index in [-0.39, 0.29) is 30.2 Å². The van der Waals surface area contributed by atoms with Gasteiger partial charge in [0.2, 0.25) is 5.91 Å². The van der Waals surface area contributed by atoms with Gasteiger partial charge in [-0.2, -0.15) is 0 Å². The summed E-state index contributed by atoms with van der Waals surface area (Å²) in [6.45, 7) is 4.13. The lowest BCUT2D eigenvalue weighted by Crippen LogP contribution is -2.35. The molecule has 1 aliphatic rings. The van der Waals surface area contributed by atoms with Gasteiger partial charge in [-0.3, -0.25) is 4.79 Å². The minimum Gasteiger partial charge on any atom is -0.353 e. The van der Waals surface area contributed by atoms with E-state index in [2.05, 4.69) is 26.6 Å². The van der Waals surface area contributed by atoms with Crippen LogP contribution in [-0.4, -0.2) is 25.0 Å². The van der Waals surface area contributed by atoms with Gasteiger partial charge < -0.3 is 10.6 Å². The van der Waals surface area contributed by atoms with Crippen molar-refractivity contribution in [1.29, 1.82) is 0 Å². The lowest BCUT2D eigenvalue weighted by molar-refractivity contribution is -0.122. The molecule has 0 radical (unpaired) electrons. The molecule has 1 aromatic rings. The Bertz CT molecular complexity index is 509. The summed E-state index contributed by atoms with van der Waals surface area (Å²) in [5.41, 5.74) is 1.01. The van der Waals surface area contributed by atoms with Crippen LogP contribution >= 0.6 is 28.3 Å². The first-order valence-corrected chi connectivity index (χ1v) is 8.78. The Morgan fingerprint density at radius 3 is 2.78 bits per heavy atom. The van der Waals surface area contributed by atoms with Gasteiger partial charge in [0.05, 0.1) is 4.47 Å². The highest BCUT2D eigenvalue weighted by atomic mass is 79.9. The minimum atomic E-state index is -0.262. The molecule has 0 bridgehead atoms. The van der Waals surface area contributed by atoms with E-state index in [0.717, 1.165) is 25.1 Å². The predicted octanol–water partition coefficient (Wildman–Crippen LogP) is 3.84. The first kappa shape index (κ1) is 20.4. The van der Waals surface area contributed by atoms with Gasteiger partial charge >= 0.3 is 0 Å². The number of benzene rings is 1. The van der Waals surface area contributed by atoms with Gasteiger partial charge in [-0.05, 0) is 85.2 Å². The van der Waals surface area contributed by atoms with Crippen molar-refractivity contribution < 1.29 is 9.18 Å². The van der Waals surface area contributed by atoms with Crippen LogP contribution in [0, 0.1) is 11.7 Å². The van der Waals surface area contributed by atoms with E-state index in [9.17, 15) is 9.18 Å². The van der Waals surface area contributed by atoms with Gasteiger partial charge in [-0.1, -0.05) is 6.07 Å². The van der Waals surface area contributed by atoms with Crippen LogP contribution in [-0.2, 0) is 11.2 Å². The van der Waals surface area contributed by atoms with E-state index in [1.165, 1.54) is 18.9 Å². The topological polar surface area (TPSA) is 41.1 Å². The van der Waals surface area contributed by atoms with E-state index in [0.29, 0.717) is 23.2 Å². The zero-order valence-corrected chi connectivity index (χ0v) is 15.8. The number of carbonyl (C=O) groups is 1. The summed E-state index contributed by atoms with van der Waals surface area (Å²) in [7, 11) is 0. The Labute approximate surface area is 152 Å². The van der Waals surface area contributed by atoms with Gasteiger partial charge in [0.25, 0.3) is 0 Å². The van der Waals surface area contributed by atoms with Crippen molar-refractivity contribution in [2.45, 2.75) is 45.1 Å². The Hall–Kier alpha value is -0.650. The number of rotatable bonds is 6. The molecule has 2 rings (SSSR count). The maximum Gasteiger partial charge on any atom is 0.220 e. The van der Waals surface area contributed by atoms with Crippen molar-refractivity contribution in [1.82, 2.24) is 10.6 Å². The first-order chi connectivity index (χ1) is 10.5. The van der Waals surface area contributed by atoms with Crippen molar-refractivity contribution in [2.24, 2.45) is 5.92 Å². The minimum absolute atomic E-state index is 0.